The largest absolute Gasteiger partial charge is 0.379 e. The van der Waals surface area contributed by atoms with E-state index in [0.29, 0.717) is 18.8 Å². The predicted molar refractivity (Wildman–Crippen MR) is 47.9 cm³/mol. The van der Waals surface area contributed by atoms with E-state index in [9.17, 15) is 8.78 Å². The number of hydrogen-bond acceptors (Lipinski definition) is 2. The molecule has 2 rings (SSSR count). The van der Waals surface area contributed by atoms with E-state index in [0.717, 1.165) is 12.1 Å². The number of benzene rings is 1. The van der Waals surface area contributed by atoms with Gasteiger partial charge in [-0.05, 0) is 18.2 Å². The fourth-order valence-electron chi connectivity index (χ4n) is 1.64. The zero-order valence-electron chi connectivity index (χ0n) is 7.59. The van der Waals surface area contributed by atoms with Gasteiger partial charge in [-0.2, -0.15) is 0 Å². The molecule has 2 N–H and O–H groups in total. The maximum atomic E-state index is 13.4. The van der Waals surface area contributed by atoms with E-state index in [4.69, 9.17) is 10.5 Å². The highest BCUT2D eigenvalue weighted by molar-refractivity contribution is 5.30. The molecule has 1 aromatic rings. The van der Waals surface area contributed by atoms with Crippen molar-refractivity contribution in [2.24, 2.45) is 5.73 Å². The molecule has 0 bridgehead atoms. The molecule has 0 atom stereocenters. The number of halogens is 2. The maximum Gasteiger partial charge on any atom is 0.127 e. The van der Waals surface area contributed by atoms with E-state index in [2.05, 4.69) is 0 Å². The van der Waals surface area contributed by atoms with Gasteiger partial charge in [-0.15, -0.1) is 0 Å². The van der Waals surface area contributed by atoms with Crippen LogP contribution in [0.3, 0.4) is 0 Å². The minimum Gasteiger partial charge on any atom is -0.379 e. The standard InChI is InChI=1S/C10H11F2NO/c11-7-1-2-9(12)8(3-7)10(4-13)5-14-6-10/h1-3H,4-6,13H2. The summed E-state index contributed by atoms with van der Waals surface area (Å²) in [7, 11) is 0. The zero-order valence-corrected chi connectivity index (χ0v) is 7.59. The van der Waals surface area contributed by atoms with Crippen LogP contribution in [0.25, 0.3) is 0 Å². The van der Waals surface area contributed by atoms with Crippen LogP contribution in [-0.4, -0.2) is 19.8 Å². The van der Waals surface area contributed by atoms with E-state index < -0.39 is 17.0 Å². The molecular weight excluding hydrogens is 188 g/mol. The fourth-order valence-corrected chi connectivity index (χ4v) is 1.64. The van der Waals surface area contributed by atoms with Crippen LogP contribution < -0.4 is 5.73 Å². The molecule has 1 aliphatic rings. The minimum atomic E-state index is -0.522. The van der Waals surface area contributed by atoms with Gasteiger partial charge in [0.2, 0.25) is 0 Å². The monoisotopic (exact) mass is 199 g/mol. The van der Waals surface area contributed by atoms with Gasteiger partial charge in [0.1, 0.15) is 11.6 Å². The first-order valence-electron chi connectivity index (χ1n) is 4.41. The van der Waals surface area contributed by atoms with Crippen LogP contribution in [0.2, 0.25) is 0 Å². The molecule has 0 saturated carbocycles. The van der Waals surface area contributed by atoms with Crippen LogP contribution in [0, 0.1) is 11.6 Å². The number of rotatable bonds is 2. The second-order valence-corrected chi connectivity index (χ2v) is 3.60. The molecule has 4 heteroatoms. The van der Waals surface area contributed by atoms with Gasteiger partial charge >= 0.3 is 0 Å². The van der Waals surface area contributed by atoms with Gasteiger partial charge in [0, 0.05) is 12.1 Å². The van der Waals surface area contributed by atoms with Gasteiger partial charge in [0.15, 0.2) is 0 Å². The summed E-state index contributed by atoms with van der Waals surface area (Å²) in [5.41, 5.74) is 5.35. The summed E-state index contributed by atoms with van der Waals surface area (Å²) in [6, 6.07) is 3.42. The summed E-state index contributed by atoms with van der Waals surface area (Å²) < 4.78 is 31.3. The quantitative estimate of drug-likeness (QED) is 0.776. The average Bonchev–Trinajstić information content (AvgIpc) is 2.10. The molecule has 2 nitrogen and oxygen atoms in total. The second kappa shape index (κ2) is 3.29. The predicted octanol–water partition coefficient (Wildman–Crippen LogP) is 1.19. The van der Waals surface area contributed by atoms with Crippen molar-refractivity contribution < 1.29 is 13.5 Å². The maximum absolute atomic E-state index is 13.4. The second-order valence-electron chi connectivity index (χ2n) is 3.60. The highest BCUT2D eigenvalue weighted by Gasteiger charge is 2.41. The first-order chi connectivity index (χ1) is 6.68. The molecule has 1 heterocycles. The summed E-state index contributed by atoms with van der Waals surface area (Å²) in [6.07, 6.45) is 0. The Kier molecular flexibility index (Phi) is 2.25. The van der Waals surface area contributed by atoms with Crippen molar-refractivity contribution in [3.05, 3.63) is 35.4 Å². The van der Waals surface area contributed by atoms with E-state index in [1.54, 1.807) is 0 Å². The number of ether oxygens (including phenoxy) is 1. The summed E-state index contributed by atoms with van der Waals surface area (Å²) in [5, 5.41) is 0. The van der Waals surface area contributed by atoms with Crippen LogP contribution >= 0.6 is 0 Å². The first kappa shape index (κ1) is 9.55. The molecular formula is C10H11F2NO. The molecule has 1 aliphatic heterocycles. The minimum absolute atomic E-state index is 0.271. The third-order valence-electron chi connectivity index (χ3n) is 2.65. The van der Waals surface area contributed by atoms with Crippen molar-refractivity contribution >= 4 is 0 Å². The van der Waals surface area contributed by atoms with Gasteiger partial charge in [0.05, 0.1) is 18.6 Å². The molecule has 0 amide bonds. The Morgan fingerprint density at radius 2 is 2.07 bits per heavy atom. The van der Waals surface area contributed by atoms with Gasteiger partial charge in [0.25, 0.3) is 0 Å². The molecule has 0 radical (unpaired) electrons. The molecule has 0 spiro atoms. The Balaban J connectivity index is 2.43. The van der Waals surface area contributed by atoms with Crippen LogP contribution in [-0.2, 0) is 10.2 Å². The van der Waals surface area contributed by atoms with Crippen molar-refractivity contribution in [1.29, 1.82) is 0 Å². The smallest absolute Gasteiger partial charge is 0.127 e. The van der Waals surface area contributed by atoms with Crippen LogP contribution in [0.1, 0.15) is 5.56 Å². The van der Waals surface area contributed by atoms with E-state index in [1.807, 2.05) is 0 Å². The van der Waals surface area contributed by atoms with E-state index in [-0.39, 0.29) is 6.54 Å². The Bertz CT molecular complexity index is 344. The molecule has 1 saturated heterocycles. The third-order valence-corrected chi connectivity index (χ3v) is 2.65. The van der Waals surface area contributed by atoms with E-state index in [1.165, 1.54) is 6.07 Å². The molecule has 0 unspecified atom stereocenters. The van der Waals surface area contributed by atoms with Crippen molar-refractivity contribution in [3.63, 3.8) is 0 Å². The van der Waals surface area contributed by atoms with Crippen LogP contribution in [0.5, 0.6) is 0 Å². The molecule has 1 fully saturated rings. The molecule has 76 valence electrons. The fraction of sp³-hybridized carbons (Fsp3) is 0.400. The molecule has 0 aromatic heterocycles. The Labute approximate surface area is 80.7 Å². The van der Waals surface area contributed by atoms with Crippen molar-refractivity contribution in [2.45, 2.75) is 5.41 Å². The van der Waals surface area contributed by atoms with Crippen molar-refractivity contribution in [3.8, 4) is 0 Å². The van der Waals surface area contributed by atoms with Crippen molar-refractivity contribution in [2.75, 3.05) is 19.8 Å². The first-order valence-corrected chi connectivity index (χ1v) is 4.41. The highest BCUT2D eigenvalue weighted by Crippen LogP contribution is 2.33. The summed E-state index contributed by atoms with van der Waals surface area (Å²) >= 11 is 0. The molecule has 14 heavy (non-hydrogen) atoms. The van der Waals surface area contributed by atoms with Crippen molar-refractivity contribution in [1.82, 2.24) is 0 Å². The van der Waals surface area contributed by atoms with Gasteiger partial charge < -0.3 is 10.5 Å². The Morgan fingerprint density at radius 1 is 1.36 bits per heavy atom. The number of nitrogens with two attached hydrogens (primary N) is 1. The summed E-state index contributed by atoms with van der Waals surface area (Å²) in [6.45, 7) is 1.00. The lowest BCUT2D eigenvalue weighted by Crippen LogP contribution is -2.52. The topological polar surface area (TPSA) is 35.2 Å². The lowest BCUT2D eigenvalue weighted by atomic mass is 9.78. The molecule has 0 aliphatic carbocycles. The van der Waals surface area contributed by atoms with Gasteiger partial charge in [-0.25, -0.2) is 8.78 Å². The SMILES string of the molecule is NCC1(c2cc(F)ccc2F)COC1. The van der Waals surface area contributed by atoms with Gasteiger partial charge in [-0.1, -0.05) is 0 Å². The molecule has 1 aromatic carbocycles. The number of hydrogen-bond donors (Lipinski definition) is 1. The Morgan fingerprint density at radius 3 is 2.57 bits per heavy atom. The zero-order chi connectivity index (χ0) is 10.2. The summed E-state index contributed by atoms with van der Waals surface area (Å²) in [4.78, 5) is 0. The normalized spacial score (nSPS) is 19.1. The van der Waals surface area contributed by atoms with Crippen LogP contribution in [0.4, 0.5) is 8.78 Å². The lowest BCUT2D eigenvalue weighted by Gasteiger charge is -2.41. The average molecular weight is 199 g/mol. The third kappa shape index (κ3) is 1.31. The van der Waals surface area contributed by atoms with Crippen LogP contribution in [0.15, 0.2) is 18.2 Å². The van der Waals surface area contributed by atoms with E-state index >= 15 is 0 Å². The van der Waals surface area contributed by atoms with Gasteiger partial charge in [-0.3, -0.25) is 0 Å². The lowest BCUT2D eigenvalue weighted by molar-refractivity contribution is -0.0567. The Hall–Kier alpha value is -1.00. The summed E-state index contributed by atoms with van der Waals surface area (Å²) in [5.74, 6) is -0.860. The highest BCUT2D eigenvalue weighted by atomic mass is 19.1.